The minimum absolute atomic E-state index is 0. The van der Waals surface area contributed by atoms with E-state index in [0.717, 1.165) is 17.0 Å². The molecule has 8 heteroatoms. The highest BCUT2D eigenvalue weighted by Gasteiger charge is 2.24. The molecule has 0 spiro atoms. The number of nitrogens with zero attached hydrogens (tertiary/aromatic N) is 3. The second-order valence-electron chi connectivity index (χ2n) is 5.32. The Balaban J connectivity index is 0.00000264. The fourth-order valence-electron chi connectivity index (χ4n) is 1.99. The molecule has 0 aliphatic carbocycles. The molecule has 3 N–H and O–H groups in total. The quantitative estimate of drug-likeness (QED) is 0.359. The van der Waals surface area contributed by atoms with Crippen molar-refractivity contribution in [2.24, 2.45) is 12.0 Å². The van der Waals surface area contributed by atoms with E-state index in [9.17, 15) is 5.11 Å². The van der Waals surface area contributed by atoms with Crippen LogP contribution in [0.3, 0.4) is 0 Å². The van der Waals surface area contributed by atoms with Crippen molar-refractivity contribution in [3.05, 3.63) is 40.3 Å². The highest BCUT2D eigenvalue weighted by atomic mass is 127. The first-order chi connectivity index (χ1) is 10.5. The van der Waals surface area contributed by atoms with Gasteiger partial charge >= 0.3 is 0 Å². The summed E-state index contributed by atoms with van der Waals surface area (Å²) < 4.78 is 1.76. The molecule has 0 saturated carbocycles. The van der Waals surface area contributed by atoms with E-state index in [0.29, 0.717) is 19.0 Å². The molecule has 6 nitrogen and oxygen atoms in total. The highest BCUT2D eigenvalue weighted by molar-refractivity contribution is 14.0. The van der Waals surface area contributed by atoms with E-state index in [1.54, 1.807) is 29.1 Å². The monoisotopic (exact) mass is 449 g/mol. The Kier molecular flexibility index (Phi) is 8.00. The molecule has 0 amide bonds. The van der Waals surface area contributed by atoms with Gasteiger partial charge in [-0.2, -0.15) is 5.10 Å². The fraction of sp³-hybridized carbons (Fsp3) is 0.467. The molecule has 2 heterocycles. The second-order valence-corrected chi connectivity index (χ2v) is 6.27. The number of aliphatic imine (C=N–C) groups is 1. The maximum Gasteiger partial charge on any atom is 0.191 e. The Bertz CT molecular complexity index is 609. The molecule has 1 atom stereocenters. The number of rotatable bonds is 6. The van der Waals surface area contributed by atoms with Crippen LogP contribution in [0.5, 0.6) is 0 Å². The third-order valence-electron chi connectivity index (χ3n) is 3.17. The number of aliphatic hydroxyl groups is 1. The Morgan fingerprint density at radius 1 is 1.48 bits per heavy atom. The Morgan fingerprint density at radius 2 is 2.26 bits per heavy atom. The van der Waals surface area contributed by atoms with Gasteiger partial charge in [-0.3, -0.25) is 4.68 Å². The smallest absolute Gasteiger partial charge is 0.191 e. The fourth-order valence-corrected chi connectivity index (χ4v) is 2.78. The van der Waals surface area contributed by atoms with Crippen LogP contribution in [0.25, 0.3) is 0 Å². The predicted molar refractivity (Wildman–Crippen MR) is 105 cm³/mol. The molecule has 1 unspecified atom stereocenters. The minimum Gasteiger partial charge on any atom is -0.383 e. The van der Waals surface area contributed by atoms with Gasteiger partial charge in [-0.25, -0.2) is 4.99 Å². The standard InChI is InChI=1S/C15H23N5OS.HI/c1-4-16-14(17-8-12-9-19-20(3)10-12)18-11-15(2,21)13-6-5-7-22-13;/h5-7,9-10,21H,4,8,11H2,1-3H3,(H2,16,17,18);1H. The zero-order valence-electron chi connectivity index (χ0n) is 13.6. The van der Waals surface area contributed by atoms with Gasteiger partial charge in [0.25, 0.3) is 0 Å². The number of guanidine groups is 1. The van der Waals surface area contributed by atoms with Gasteiger partial charge in [-0.15, -0.1) is 35.3 Å². The van der Waals surface area contributed by atoms with Crippen molar-refractivity contribution in [2.45, 2.75) is 26.0 Å². The van der Waals surface area contributed by atoms with E-state index in [2.05, 4.69) is 20.7 Å². The van der Waals surface area contributed by atoms with Gasteiger partial charge in [0, 0.05) is 30.2 Å². The van der Waals surface area contributed by atoms with Crippen LogP contribution in [0.1, 0.15) is 24.3 Å². The average Bonchev–Trinajstić information content (AvgIpc) is 3.13. The number of hydrogen-bond donors (Lipinski definition) is 3. The van der Waals surface area contributed by atoms with Crippen molar-refractivity contribution in [3.8, 4) is 0 Å². The summed E-state index contributed by atoms with van der Waals surface area (Å²) in [6, 6.07) is 3.88. The first-order valence-corrected chi connectivity index (χ1v) is 8.15. The van der Waals surface area contributed by atoms with Gasteiger partial charge in [0.15, 0.2) is 5.96 Å². The predicted octanol–water partition coefficient (Wildman–Crippen LogP) is 2.06. The van der Waals surface area contributed by atoms with E-state index < -0.39 is 5.60 Å². The first-order valence-electron chi connectivity index (χ1n) is 7.27. The Labute approximate surface area is 158 Å². The molecule has 0 fully saturated rings. The normalized spacial score (nSPS) is 14.0. The van der Waals surface area contributed by atoms with Gasteiger partial charge in [0.05, 0.1) is 19.3 Å². The maximum atomic E-state index is 10.5. The lowest BCUT2D eigenvalue weighted by Gasteiger charge is -2.23. The van der Waals surface area contributed by atoms with Gasteiger partial charge in [0.1, 0.15) is 5.60 Å². The van der Waals surface area contributed by atoms with Crippen LogP contribution in [0, 0.1) is 0 Å². The summed E-state index contributed by atoms with van der Waals surface area (Å²) in [7, 11) is 1.88. The molecule has 0 aromatic carbocycles. The van der Waals surface area contributed by atoms with Crippen LogP contribution in [-0.4, -0.2) is 33.9 Å². The van der Waals surface area contributed by atoms with Crippen LogP contribution >= 0.6 is 35.3 Å². The lowest BCUT2D eigenvalue weighted by atomic mass is 10.1. The van der Waals surface area contributed by atoms with Crippen molar-refractivity contribution in [1.29, 1.82) is 0 Å². The van der Waals surface area contributed by atoms with Gasteiger partial charge in [-0.05, 0) is 25.3 Å². The van der Waals surface area contributed by atoms with E-state index in [-0.39, 0.29) is 24.0 Å². The summed E-state index contributed by atoms with van der Waals surface area (Å²) >= 11 is 1.55. The van der Waals surface area contributed by atoms with Crippen LogP contribution in [0.15, 0.2) is 34.9 Å². The van der Waals surface area contributed by atoms with Crippen LogP contribution in [0.2, 0.25) is 0 Å². The number of aromatic nitrogens is 2. The number of aryl methyl sites for hydroxylation is 1. The molecular weight excluding hydrogens is 425 g/mol. The first kappa shape index (κ1) is 19.9. The minimum atomic E-state index is -0.918. The second kappa shape index (κ2) is 9.24. The molecule has 23 heavy (non-hydrogen) atoms. The van der Waals surface area contributed by atoms with Crippen molar-refractivity contribution < 1.29 is 5.11 Å². The maximum absolute atomic E-state index is 10.5. The molecule has 0 saturated heterocycles. The van der Waals surface area contributed by atoms with Crippen molar-refractivity contribution >= 4 is 41.3 Å². The largest absolute Gasteiger partial charge is 0.383 e. The lowest BCUT2D eigenvalue weighted by molar-refractivity contribution is 0.0655. The molecule has 128 valence electrons. The third kappa shape index (κ3) is 6.11. The third-order valence-corrected chi connectivity index (χ3v) is 4.30. The number of thiophene rings is 1. The number of halogens is 1. The molecule has 0 aliphatic rings. The van der Waals surface area contributed by atoms with Crippen molar-refractivity contribution in [2.75, 3.05) is 13.1 Å². The van der Waals surface area contributed by atoms with Crippen LogP contribution in [-0.2, 0) is 19.2 Å². The summed E-state index contributed by atoms with van der Waals surface area (Å²) in [5.74, 6) is 0.684. The van der Waals surface area contributed by atoms with Gasteiger partial charge in [-0.1, -0.05) is 6.07 Å². The molecule has 0 radical (unpaired) electrons. The SMILES string of the molecule is CCNC(=NCc1cnn(C)c1)NCC(C)(O)c1cccs1.I. The van der Waals surface area contributed by atoms with E-state index in [1.165, 1.54) is 0 Å². The zero-order chi connectivity index (χ0) is 16.0. The molecule has 2 aromatic heterocycles. The van der Waals surface area contributed by atoms with Crippen molar-refractivity contribution in [1.82, 2.24) is 20.4 Å². The molecule has 2 aromatic rings. The molecule has 2 rings (SSSR count). The van der Waals surface area contributed by atoms with Gasteiger partial charge < -0.3 is 15.7 Å². The average molecular weight is 449 g/mol. The van der Waals surface area contributed by atoms with E-state index in [4.69, 9.17) is 0 Å². The van der Waals surface area contributed by atoms with E-state index in [1.807, 2.05) is 37.7 Å². The van der Waals surface area contributed by atoms with Crippen LogP contribution in [0.4, 0.5) is 0 Å². The number of hydrogen-bond acceptors (Lipinski definition) is 4. The summed E-state index contributed by atoms with van der Waals surface area (Å²) in [6.45, 7) is 5.52. The summed E-state index contributed by atoms with van der Waals surface area (Å²) in [6.07, 6.45) is 3.74. The summed E-state index contributed by atoms with van der Waals surface area (Å²) in [4.78, 5) is 5.45. The van der Waals surface area contributed by atoms with Crippen LogP contribution < -0.4 is 10.6 Å². The number of nitrogens with one attached hydrogen (secondary N) is 2. The van der Waals surface area contributed by atoms with Crippen molar-refractivity contribution in [3.63, 3.8) is 0 Å². The van der Waals surface area contributed by atoms with E-state index >= 15 is 0 Å². The van der Waals surface area contributed by atoms with Gasteiger partial charge in [0.2, 0.25) is 0 Å². The Hall–Kier alpha value is -1.13. The lowest BCUT2D eigenvalue weighted by Crippen LogP contribution is -2.44. The zero-order valence-corrected chi connectivity index (χ0v) is 16.8. The molecule has 0 bridgehead atoms. The molecule has 0 aliphatic heterocycles. The topological polar surface area (TPSA) is 74.5 Å². The Morgan fingerprint density at radius 3 is 2.83 bits per heavy atom. The molecular formula is C15H24IN5OS. The summed E-state index contributed by atoms with van der Waals surface area (Å²) in [5.41, 5.74) is 0.128. The highest BCUT2D eigenvalue weighted by Crippen LogP contribution is 2.24. The summed E-state index contributed by atoms with van der Waals surface area (Å²) in [5, 5.41) is 23.0.